The maximum Gasteiger partial charge on any atom is 0.416 e. The lowest BCUT2D eigenvalue weighted by Crippen LogP contribution is -2.12. The maximum atomic E-state index is 12.7. The molecule has 0 saturated carbocycles. The van der Waals surface area contributed by atoms with Crippen molar-refractivity contribution < 1.29 is 21.6 Å². The number of nitrogens with one attached hydrogen (secondary N) is 1. The van der Waals surface area contributed by atoms with Crippen LogP contribution >= 0.6 is 22.7 Å². The van der Waals surface area contributed by atoms with E-state index in [9.17, 15) is 21.6 Å². The van der Waals surface area contributed by atoms with E-state index in [2.05, 4.69) is 9.71 Å². The summed E-state index contributed by atoms with van der Waals surface area (Å²) >= 11 is 2.37. The lowest BCUT2D eigenvalue weighted by molar-refractivity contribution is -0.137. The highest BCUT2D eigenvalue weighted by molar-refractivity contribution is 7.94. The monoisotopic (exact) mass is 404 g/mol. The van der Waals surface area contributed by atoms with Crippen molar-refractivity contribution in [3.05, 3.63) is 52.3 Å². The van der Waals surface area contributed by atoms with E-state index in [1.807, 2.05) is 12.3 Å². The third kappa shape index (κ3) is 4.02. The molecule has 10 heteroatoms. The summed E-state index contributed by atoms with van der Waals surface area (Å²) in [4.78, 5) is 4.28. The van der Waals surface area contributed by atoms with Crippen LogP contribution < -0.4 is 4.72 Å². The van der Waals surface area contributed by atoms with E-state index in [1.54, 1.807) is 5.38 Å². The molecule has 0 amide bonds. The fraction of sp³-hybridized carbons (Fsp3) is 0.133. The second-order valence-corrected chi connectivity index (χ2v) is 8.81. The Hall–Kier alpha value is -1.91. The lowest BCUT2D eigenvalue weighted by Gasteiger charge is -2.10. The van der Waals surface area contributed by atoms with Crippen LogP contribution in [0.25, 0.3) is 10.6 Å². The molecule has 4 nitrogen and oxygen atoms in total. The largest absolute Gasteiger partial charge is 0.416 e. The SMILES string of the molecule is Cc1csc(-c2csc(S(=O)(=O)Nc3cccc(C(F)(F)F)c3)c2)n1. The molecule has 3 rings (SSSR count). The van der Waals surface area contributed by atoms with Crippen LogP contribution in [0.3, 0.4) is 0 Å². The molecule has 2 heterocycles. The zero-order chi connectivity index (χ0) is 18.2. The van der Waals surface area contributed by atoms with E-state index >= 15 is 0 Å². The summed E-state index contributed by atoms with van der Waals surface area (Å²) in [5, 5.41) is 4.19. The van der Waals surface area contributed by atoms with Crippen LogP contribution in [0.5, 0.6) is 0 Å². The topological polar surface area (TPSA) is 59.1 Å². The summed E-state index contributed by atoms with van der Waals surface area (Å²) in [6.45, 7) is 1.83. The second kappa shape index (κ2) is 6.43. The molecule has 0 saturated heterocycles. The van der Waals surface area contributed by atoms with Gasteiger partial charge < -0.3 is 0 Å². The molecule has 0 bridgehead atoms. The van der Waals surface area contributed by atoms with Crippen LogP contribution in [-0.2, 0) is 16.2 Å². The highest BCUT2D eigenvalue weighted by Gasteiger charge is 2.30. The van der Waals surface area contributed by atoms with Gasteiger partial charge in [0.15, 0.2) is 0 Å². The minimum atomic E-state index is -4.54. The summed E-state index contributed by atoms with van der Waals surface area (Å²) in [6.07, 6.45) is -4.54. The average molecular weight is 404 g/mol. The lowest BCUT2D eigenvalue weighted by atomic mass is 10.2. The zero-order valence-corrected chi connectivity index (χ0v) is 15.1. The van der Waals surface area contributed by atoms with Crippen LogP contribution in [0.1, 0.15) is 11.3 Å². The van der Waals surface area contributed by atoms with Gasteiger partial charge in [-0.15, -0.1) is 22.7 Å². The summed E-state index contributed by atoms with van der Waals surface area (Å²) in [5.74, 6) is 0. The Bertz CT molecular complexity index is 1010. The van der Waals surface area contributed by atoms with E-state index < -0.39 is 21.8 Å². The van der Waals surface area contributed by atoms with Gasteiger partial charge in [0.25, 0.3) is 10.0 Å². The molecule has 25 heavy (non-hydrogen) atoms. The molecule has 1 N–H and O–H groups in total. The molecule has 0 spiro atoms. The Kier molecular flexibility index (Phi) is 4.60. The van der Waals surface area contributed by atoms with Gasteiger partial charge in [-0.05, 0) is 31.2 Å². The third-order valence-corrected chi connectivity index (χ3v) is 6.98. The van der Waals surface area contributed by atoms with E-state index in [1.165, 1.54) is 23.5 Å². The fourth-order valence-corrected chi connectivity index (χ4v) is 5.09. The molecule has 0 atom stereocenters. The molecule has 1 aromatic carbocycles. The number of sulfonamides is 1. The highest BCUT2D eigenvalue weighted by atomic mass is 32.2. The molecule has 0 fully saturated rings. The van der Waals surface area contributed by atoms with Gasteiger partial charge in [-0.25, -0.2) is 13.4 Å². The first kappa shape index (κ1) is 17.9. The molecule has 2 aromatic heterocycles. The van der Waals surface area contributed by atoms with E-state index in [4.69, 9.17) is 0 Å². The predicted molar refractivity (Wildman–Crippen MR) is 92.4 cm³/mol. The van der Waals surface area contributed by atoms with Crippen molar-refractivity contribution in [1.29, 1.82) is 0 Å². The molecule has 3 aromatic rings. The average Bonchev–Trinajstić information content (AvgIpc) is 3.15. The van der Waals surface area contributed by atoms with Crippen LogP contribution in [0.15, 0.2) is 45.3 Å². The van der Waals surface area contributed by atoms with Crippen molar-refractivity contribution in [3.8, 4) is 10.6 Å². The summed E-state index contributed by atoms with van der Waals surface area (Å²) < 4.78 is 65.2. The zero-order valence-electron chi connectivity index (χ0n) is 12.7. The second-order valence-electron chi connectivity index (χ2n) is 5.13. The molecule has 0 aliphatic carbocycles. The van der Waals surface area contributed by atoms with Crippen molar-refractivity contribution >= 4 is 38.4 Å². The van der Waals surface area contributed by atoms with Gasteiger partial charge in [-0.2, -0.15) is 13.2 Å². The van der Waals surface area contributed by atoms with Crippen molar-refractivity contribution in [2.75, 3.05) is 4.72 Å². The first-order chi connectivity index (χ1) is 11.6. The fourth-order valence-electron chi connectivity index (χ4n) is 2.02. The van der Waals surface area contributed by atoms with Gasteiger partial charge in [0.05, 0.1) is 5.56 Å². The number of hydrogen-bond acceptors (Lipinski definition) is 5. The Balaban J connectivity index is 1.87. The Morgan fingerprint density at radius 2 is 1.88 bits per heavy atom. The number of hydrogen-bond donors (Lipinski definition) is 1. The highest BCUT2D eigenvalue weighted by Crippen LogP contribution is 2.33. The van der Waals surface area contributed by atoms with Gasteiger partial charge in [0.2, 0.25) is 0 Å². The Morgan fingerprint density at radius 3 is 2.52 bits per heavy atom. The predicted octanol–water partition coefficient (Wildman–Crippen LogP) is 5.00. The number of thiophene rings is 1. The van der Waals surface area contributed by atoms with Gasteiger partial charge in [-0.3, -0.25) is 4.72 Å². The molecule has 0 aliphatic heterocycles. The standard InChI is InChI=1S/C15H11F3N2O2S3/c1-9-7-24-14(19-9)10-5-13(23-8-10)25(21,22)20-12-4-2-3-11(6-12)15(16,17)18/h2-8,20H,1H3. The Labute approximate surface area is 150 Å². The number of anilines is 1. The smallest absolute Gasteiger partial charge is 0.279 e. The molecule has 0 unspecified atom stereocenters. The molecule has 132 valence electrons. The first-order valence-corrected chi connectivity index (χ1v) is 10.1. The maximum absolute atomic E-state index is 12.7. The van der Waals surface area contributed by atoms with E-state index in [-0.39, 0.29) is 9.90 Å². The van der Waals surface area contributed by atoms with Crippen LogP contribution in [-0.4, -0.2) is 13.4 Å². The number of aromatic nitrogens is 1. The number of alkyl halides is 3. The van der Waals surface area contributed by atoms with Crippen molar-refractivity contribution in [1.82, 2.24) is 4.98 Å². The number of aryl methyl sites for hydroxylation is 1. The minimum Gasteiger partial charge on any atom is -0.279 e. The summed E-state index contributed by atoms with van der Waals surface area (Å²) in [6, 6.07) is 5.52. The number of benzene rings is 1. The van der Waals surface area contributed by atoms with Gasteiger partial charge in [-0.1, -0.05) is 6.07 Å². The first-order valence-electron chi connectivity index (χ1n) is 6.86. The van der Waals surface area contributed by atoms with E-state index in [0.29, 0.717) is 10.6 Å². The third-order valence-electron chi connectivity index (χ3n) is 3.15. The number of rotatable bonds is 4. The van der Waals surface area contributed by atoms with Crippen LogP contribution in [0.4, 0.5) is 18.9 Å². The van der Waals surface area contributed by atoms with Crippen LogP contribution in [0.2, 0.25) is 0 Å². The van der Waals surface area contributed by atoms with Gasteiger partial charge in [0.1, 0.15) is 9.22 Å². The van der Waals surface area contributed by atoms with Crippen molar-refractivity contribution in [2.45, 2.75) is 17.3 Å². The number of halogens is 3. The number of thiazole rings is 1. The van der Waals surface area contributed by atoms with Crippen LogP contribution in [0, 0.1) is 6.92 Å². The van der Waals surface area contributed by atoms with E-state index in [0.717, 1.165) is 35.2 Å². The van der Waals surface area contributed by atoms with Crippen molar-refractivity contribution in [2.24, 2.45) is 0 Å². The summed E-state index contributed by atoms with van der Waals surface area (Å²) in [7, 11) is -3.98. The Morgan fingerprint density at radius 1 is 1.12 bits per heavy atom. The molecular weight excluding hydrogens is 393 g/mol. The molecular formula is C15H11F3N2O2S3. The van der Waals surface area contributed by atoms with Gasteiger partial charge in [0, 0.05) is 27.7 Å². The molecule has 0 aliphatic rings. The molecule has 0 radical (unpaired) electrons. The quantitative estimate of drug-likeness (QED) is 0.666. The van der Waals surface area contributed by atoms with Gasteiger partial charge >= 0.3 is 6.18 Å². The van der Waals surface area contributed by atoms with Crippen molar-refractivity contribution in [3.63, 3.8) is 0 Å². The number of nitrogens with zero attached hydrogens (tertiary/aromatic N) is 1. The minimum absolute atomic E-state index is 0.00719. The normalized spacial score (nSPS) is 12.3. The summed E-state index contributed by atoms with van der Waals surface area (Å²) in [5.41, 5.74) is 0.429.